The van der Waals surface area contributed by atoms with E-state index < -0.39 is 16.0 Å². The Hall–Kier alpha value is -0.480. The zero-order chi connectivity index (χ0) is 14.0. The first-order valence-corrected chi connectivity index (χ1v) is 8.64. The van der Waals surface area contributed by atoms with Crippen molar-refractivity contribution in [3.63, 3.8) is 0 Å². The second-order valence-electron chi connectivity index (χ2n) is 4.05. The van der Waals surface area contributed by atoms with Gasteiger partial charge >= 0.3 is 5.97 Å². The number of halogens is 1. The topological polar surface area (TPSA) is 84.5 Å². The Kier molecular flexibility index (Phi) is 4.62. The van der Waals surface area contributed by atoms with E-state index in [1.54, 1.807) is 0 Å². The maximum Gasteiger partial charge on any atom is 0.348 e. The summed E-state index contributed by atoms with van der Waals surface area (Å²) in [7, 11) is -2.37. The van der Waals surface area contributed by atoms with Crippen molar-refractivity contribution in [3.05, 3.63) is 14.7 Å². The molecule has 1 aliphatic rings. The van der Waals surface area contributed by atoms with Crippen LogP contribution in [0.4, 0.5) is 0 Å². The summed E-state index contributed by atoms with van der Waals surface area (Å²) in [5, 5.41) is 3.08. The van der Waals surface area contributed by atoms with E-state index in [0.717, 1.165) is 24.3 Å². The Morgan fingerprint density at radius 2 is 2.37 bits per heavy atom. The van der Waals surface area contributed by atoms with Gasteiger partial charge in [0.2, 0.25) is 10.0 Å². The van der Waals surface area contributed by atoms with Crippen LogP contribution in [0.15, 0.2) is 14.7 Å². The van der Waals surface area contributed by atoms with Crippen LogP contribution in [0.2, 0.25) is 0 Å². The van der Waals surface area contributed by atoms with Gasteiger partial charge in [-0.25, -0.2) is 17.9 Å². The minimum atomic E-state index is -3.63. The fourth-order valence-electron chi connectivity index (χ4n) is 1.77. The first-order chi connectivity index (χ1) is 8.94. The smallest absolute Gasteiger partial charge is 0.348 e. The third-order valence-electron chi connectivity index (χ3n) is 2.71. The van der Waals surface area contributed by atoms with Crippen molar-refractivity contribution in [2.75, 3.05) is 20.2 Å². The van der Waals surface area contributed by atoms with E-state index in [4.69, 9.17) is 0 Å². The largest absolute Gasteiger partial charge is 0.465 e. The fraction of sp³-hybridized carbons (Fsp3) is 0.500. The Morgan fingerprint density at radius 3 is 2.95 bits per heavy atom. The molecular formula is C10H13BrN2O4S2. The summed E-state index contributed by atoms with van der Waals surface area (Å²) in [4.78, 5) is 11.7. The number of hydrogen-bond acceptors (Lipinski definition) is 6. The molecule has 1 aliphatic heterocycles. The van der Waals surface area contributed by atoms with Crippen LogP contribution >= 0.6 is 27.3 Å². The molecule has 0 amide bonds. The Labute approximate surface area is 123 Å². The van der Waals surface area contributed by atoms with Gasteiger partial charge in [-0.2, -0.15) is 0 Å². The van der Waals surface area contributed by atoms with Gasteiger partial charge in [0.15, 0.2) is 0 Å². The van der Waals surface area contributed by atoms with Crippen LogP contribution in [0.1, 0.15) is 16.1 Å². The minimum absolute atomic E-state index is 0.0739. The molecule has 9 heteroatoms. The molecule has 6 nitrogen and oxygen atoms in total. The van der Waals surface area contributed by atoms with E-state index in [0.29, 0.717) is 10.3 Å². The van der Waals surface area contributed by atoms with Crippen molar-refractivity contribution in [1.29, 1.82) is 0 Å². The maximum absolute atomic E-state index is 12.2. The van der Waals surface area contributed by atoms with Crippen LogP contribution in [0, 0.1) is 0 Å². The quantitative estimate of drug-likeness (QED) is 0.772. The number of carbonyl (C=O) groups is 1. The summed E-state index contributed by atoms with van der Waals surface area (Å²) < 4.78 is 32.0. The first kappa shape index (κ1) is 14.9. The standard InChI is InChI=1S/C10H13BrN2O4S2/c1-17-10(14)7-4-8(9(11)18-7)19(15,16)13-6-2-3-12-5-6/h4,6,12-13H,2-3,5H2,1H3/t6-/m0/s1. The van der Waals surface area contributed by atoms with Crippen molar-refractivity contribution in [3.8, 4) is 0 Å². The number of methoxy groups -OCH3 is 1. The molecule has 2 rings (SSSR count). The van der Waals surface area contributed by atoms with E-state index in [9.17, 15) is 13.2 Å². The summed E-state index contributed by atoms with van der Waals surface area (Å²) in [6.07, 6.45) is 0.755. The average molecular weight is 369 g/mol. The van der Waals surface area contributed by atoms with Gasteiger partial charge in [-0.1, -0.05) is 0 Å². The van der Waals surface area contributed by atoms with Crippen LogP contribution in [-0.4, -0.2) is 40.6 Å². The molecule has 1 aromatic heterocycles. The van der Waals surface area contributed by atoms with E-state index in [1.165, 1.54) is 13.2 Å². The van der Waals surface area contributed by atoms with Crippen molar-refractivity contribution in [1.82, 2.24) is 10.0 Å². The highest BCUT2D eigenvalue weighted by Crippen LogP contribution is 2.32. The van der Waals surface area contributed by atoms with Crippen LogP contribution in [0.3, 0.4) is 0 Å². The van der Waals surface area contributed by atoms with Crippen molar-refractivity contribution in [2.45, 2.75) is 17.4 Å². The number of rotatable bonds is 4. The van der Waals surface area contributed by atoms with Gasteiger partial charge in [-0.05, 0) is 35.0 Å². The number of esters is 1. The molecule has 0 bridgehead atoms. The molecule has 1 atom stereocenters. The molecule has 2 N–H and O–H groups in total. The summed E-state index contributed by atoms with van der Waals surface area (Å²) in [5.41, 5.74) is 0. The number of nitrogens with one attached hydrogen (secondary N) is 2. The number of sulfonamides is 1. The molecule has 0 spiro atoms. The van der Waals surface area contributed by atoms with Crippen LogP contribution in [0.5, 0.6) is 0 Å². The highest BCUT2D eigenvalue weighted by atomic mass is 79.9. The van der Waals surface area contributed by atoms with Crippen LogP contribution < -0.4 is 10.0 Å². The van der Waals surface area contributed by atoms with E-state index in [2.05, 4.69) is 30.7 Å². The highest BCUT2D eigenvalue weighted by Gasteiger charge is 2.27. The van der Waals surface area contributed by atoms with Crippen LogP contribution in [0.25, 0.3) is 0 Å². The predicted octanol–water partition coefficient (Wildman–Crippen LogP) is 0.937. The molecular weight excluding hydrogens is 356 g/mol. The number of carbonyl (C=O) groups excluding carboxylic acids is 1. The van der Waals surface area contributed by atoms with Crippen molar-refractivity contribution >= 4 is 43.3 Å². The van der Waals surface area contributed by atoms with Crippen LogP contribution in [-0.2, 0) is 14.8 Å². The van der Waals surface area contributed by atoms with E-state index in [-0.39, 0.29) is 15.8 Å². The Bertz CT molecular complexity index is 578. The third-order valence-corrected chi connectivity index (χ3v) is 6.47. The molecule has 2 heterocycles. The molecule has 0 aliphatic carbocycles. The summed E-state index contributed by atoms with van der Waals surface area (Å²) >= 11 is 4.21. The average Bonchev–Trinajstić information content (AvgIpc) is 2.97. The maximum atomic E-state index is 12.2. The number of hydrogen-bond donors (Lipinski definition) is 2. The highest BCUT2D eigenvalue weighted by molar-refractivity contribution is 9.11. The van der Waals surface area contributed by atoms with Gasteiger partial charge in [0.1, 0.15) is 9.77 Å². The van der Waals surface area contributed by atoms with E-state index in [1.807, 2.05) is 0 Å². The molecule has 1 aromatic rings. The Balaban J connectivity index is 2.24. The number of ether oxygens (including phenoxy) is 1. The molecule has 0 radical (unpaired) electrons. The molecule has 0 saturated carbocycles. The van der Waals surface area contributed by atoms with Crippen molar-refractivity contribution < 1.29 is 17.9 Å². The summed E-state index contributed by atoms with van der Waals surface area (Å²) in [6.45, 7) is 1.41. The molecule has 1 fully saturated rings. The summed E-state index contributed by atoms with van der Waals surface area (Å²) in [6, 6.07) is 1.21. The first-order valence-electron chi connectivity index (χ1n) is 5.54. The second kappa shape index (κ2) is 5.88. The summed E-state index contributed by atoms with van der Waals surface area (Å²) in [5.74, 6) is -0.547. The SMILES string of the molecule is COC(=O)c1cc(S(=O)(=O)N[C@H]2CCNC2)c(Br)s1. The Morgan fingerprint density at radius 1 is 1.63 bits per heavy atom. The third kappa shape index (κ3) is 3.34. The fourth-order valence-corrected chi connectivity index (χ4v) is 5.53. The lowest BCUT2D eigenvalue weighted by Crippen LogP contribution is -2.36. The zero-order valence-corrected chi connectivity index (χ0v) is 13.3. The van der Waals surface area contributed by atoms with Gasteiger partial charge < -0.3 is 10.1 Å². The molecule has 1 saturated heterocycles. The molecule has 106 valence electrons. The normalized spacial score (nSPS) is 19.6. The molecule has 0 aromatic carbocycles. The monoisotopic (exact) mass is 368 g/mol. The lowest BCUT2D eigenvalue weighted by atomic mass is 10.3. The van der Waals surface area contributed by atoms with Gasteiger partial charge in [-0.3, -0.25) is 0 Å². The van der Waals surface area contributed by atoms with Gasteiger partial charge in [-0.15, -0.1) is 11.3 Å². The molecule has 0 unspecified atom stereocenters. The predicted molar refractivity (Wildman–Crippen MR) is 75.0 cm³/mol. The lowest BCUT2D eigenvalue weighted by Gasteiger charge is -2.11. The second-order valence-corrected chi connectivity index (χ2v) is 8.10. The number of thiophene rings is 1. The lowest BCUT2D eigenvalue weighted by molar-refractivity contribution is 0.0606. The van der Waals surface area contributed by atoms with Gasteiger partial charge in [0, 0.05) is 12.6 Å². The minimum Gasteiger partial charge on any atom is -0.465 e. The van der Waals surface area contributed by atoms with Gasteiger partial charge in [0.05, 0.1) is 10.9 Å². The molecule has 19 heavy (non-hydrogen) atoms. The van der Waals surface area contributed by atoms with Gasteiger partial charge in [0.25, 0.3) is 0 Å². The zero-order valence-electron chi connectivity index (χ0n) is 10.1. The van der Waals surface area contributed by atoms with Crippen molar-refractivity contribution in [2.24, 2.45) is 0 Å². The van der Waals surface area contributed by atoms with E-state index >= 15 is 0 Å².